The quantitative estimate of drug-likeness (QED) is 0.713. The van der Waals surface area contributed by atoms with E-state index in [4.69, 9.17) is 4.74 Å². The second-order valence-electron chi connectivity index (χ2n) is 5.89. The highest BCUT2D eigenvalue weighted by molar-refractivity contribution is 5.75. The number of hydrogen-bond donors (Lipinski definition) is 0. The summed E-state index contributed by atoms with van der Waals surface area (Å²) in [6, 6.07) is 1.32. The fraction of sp³-hybridized carbons (Fsp3) is 0.933. The molecule has 0 aliphatic carbocycles. The molecule has 110 valence electrons. The van der Waals surface area contributed by atoms with Gasteiger partial charge in [0.2, 0.25) is 0 Å². The topological polar surface area (TPSA) is 32.8 Å². The van der Waals surface area contributed by atoms with E-state index in [1.165, 1.54) is 19.3 Å². The van der Waals surface area contributed by atoms with Crippen LogP contribution in [0, 0.1) is 0 Å². The average molecular weight is 268 g/mol. The third-order valence-electron chi connectivity index (χ3n) is 4.74. The van der Waals surface area contributed by atoms with Crippen LogP contribution in [0.3, 0.4) is 0 Å². The van der Waals surface area contributed by atoms with Crippen molar-refractivity contribution in [3.63, 3.8) is 0 Å². The van der Waals surface area contributed by atoms with E-state index in [-0.39, 0.29) is 12.0 Å². The van der Waals surface area contributed by atoms with Crippen LogP contribution >= 0.6 is 0 Å². The summed E-state index contributed by atoms with van der Waals surface area (Å²) in [7, 11) is 2.24. The normalized spacial score (nSPS) is 30.1. The number of nitrogens with zero attached hydrogens (tertiary/aromatic N) is 2. The molecular formula is C15H28N2O2. The largest absolute Gasteiger partial charge is 0.465 e. The van der Waals surface area contributed by atoms with Crippen LogP contribution in [0.1, 0.15) is 46.0 Å². The SMILES string of the molecule is CCCC(C(=O)OCC)N1CCC2CCC(C1)N2C. The summed E-state index contributed by atoms with van der Waals surface area (Å²) >= 11 is 0. The van der Waals surface area contributed by atoms with Crippen LogP contribution in [0.15, 0.2) is 0 Å². The van der Waals surface area contributed by atoms with Crippen molar-refractivity contribution in [1.82, 2.24) is 9.80 Å². The number of likely N-dealkylation sites (tertiary alicyclic amines) is 1. The van der Waals surface area contributed by atoms with Crippen molar-refractivity contribution in [2.75, 3.05) is 26.7 Å². The Bertz CT molecular complexity index is 309. The van der Waals surface area contributed by atoms with Gasteiger partial charge in [-0.2, -0.15) is 0 Å². The first-order chi connectivity index (χ1) is 9.17. The van der Waals surface area contributed by atoms with Crippen molar-refractivity contribution in [1.29, 1.82) is 0 Å². The minimum atomic E-state index is -0.0299. The van der Waals surface area contributed by atoms with E-state index >= 15 is 0 Å². The number of carbonyl (C=O) groups excluding carboxylic acids is 1. The van der Waals surface area contributed by atoms with Gasteiger partial charge in [-0.25, -0.2) is 0 Å². The van der Waals surface area contributed by atoms with E-state index < -0.39 is 0 Å². The Balaban J connectivity index is 2.03. The minimum Gasteiger partial charge on any atom is -0.465 e. The highest BCUT2D eigenvalue weighted by atomic mass is 16.5. The maximum absolute atomic E-state index is 12.2. The van der Waals surface area contributed by atoms with Gasteiger partial charge in [-0.3, -0.25) is 14.6 Å². The van der Waals surface area contributed by atoms with Gasteiger partial charge in [0.1, 0.15) is 6.04 Å². The Morgan fingerprint density at radius 3 is 2.68 bits per heavy atom. The van der Waals surface area contributed by atoms with Crippen LogP contribution in [0.4, 0.5) is 0 Å². The van der Waals surface area contributed by atoms with E-state index in [1.807, 2.05) is 6.92 Å². The first-order valence-corrected chi connectivity index (χ1v) is 7.80. The summed E-state index contributed by atoms with van der Waals surface area (Å²) < 4.78 is 5.26. The molecule has 0 radical (unpaired) electrons. The van der Waals surface area contributed by atoms with Gasteiger partial charge in [0.25, 0.3) is 0 Å². The highest BCUT2D eigenvalue weighted by Gasteiger charge is 2.38. The first-order valence-electron chi connectivity index (χ1n) is 7.80. The monoisotopic (exact) mass is 268 g/mol. The van der Waals surface area contributed by atoms with Crippen molar-refractivity contribution in [2.24, 2.45) is 0 Å². The molecule has 0 N–H and O–H groups in total. The molecule has 2 heterocycles. The van der Waals surface area contributed by atoms with Crippen LogP contribution in [-0.2, 0) is 9.53 Å². The van der Waals surface area contributed by atoms with Gasteiger partial charge in [0.05, 0.1) is 6.61 Å². The Kier molecular flexibility index (Phi) is 5.22. The summed E-state index contributed by atoms with van der Waals surface area (Å²) in [5.41, 5.74) is 0. The molecule has 4 nitrogen and oxygen atoms in total. The van der Waals surface area contributed by atoms with E-state index in [0.717, 1.165) is 32.0 Å². The minimum absolute atomic E-state index is 0.0234. The molecular weight excluding hydrogens is 240 g/mol. The molecule has 0 saturated carbocycles. The Morgan fingerprint density at radius 1 is 1.26 bits per heavy atom. The molecule has 19 heavy (non-hydrogen) atoms. The lowest BCUT2D eigenvalue weighted by molar-refractivity contribution is -0.150. The lowest BCUT2D eigenvalue weighted by Gasteiger charge is -2.31. The van der Waals surface area contributed by atoms with E-state index in [1.54, 1.807) is 0 Å². The predicted molar refractivity (Wildman–Crippen MR) is 76.1 cm³/mol. The molecule has 2 aliphatic heterocycles. The zero-order valence-corrected chi connectivity index (χ0v) is 12.6. The maximum atomic E-state index is 12.2. The zero-order chi connectivity index (χ0) is 13.8. The molecule has 2 fully saturated rings. The number of likely N-dealkylation sites (N-methyl/N-ethyl adjacent to an activating group) is 1. The molecule has 4 heteroatoms. The van der Waals surface area contributed by atoms with E-state index in [2.05, 4.69) is 23.8 Å². The van der Waals surface area contributed by atoms with Gasteiger partial charge >= 0.3 is 5.97 Å². The second kappa shape index (κ2) is 6.71. The average Bonchev–Trinajstić information content (AvgIpc) is 2.62. The van der Waals surface area contributed by atoms with Crippen LogP contribution < -0.4 is 0 Å². The van der Waals surface area contributed by atoms with E-state index in [0.29, 0.717) is 12.6 Å². The standard InChI is InChI=1S/C15H28N2O2/c1-4-6-14(15(18)19-5-2)17-10-9-12-7-8-13(11-17)16(12)3/h12-14H,4-11H2,1-3H3. The lowest BCUT2D eigenvalue weighted by Crippen LogP contribution is -2.46. The van der Waals surface area contributed by atoms with Crippen LogP contribution in [0.5, 0.6) is 0 Å². The van der Waals surface area contributed by atoms with Crippen molar-refractivity contribution in [2.45, 2.75) is 64.1 Å². The molecule has 0 amide bonds. The van der Waals surface area contributed by atoms with Crippen molar-refractivity contribution >= 4 is 5.97 Å². The molecule has 2 rings (SSSR count). The molecule has 0 spiro atoms. The van der Waals surface area contributed by atoms with Gasteiger partial charge in [-0.15, -0.1) is 0 Å². The van der Waals surface area contributed by atoms with Gasteiger partial charge < -0.3 is 4.74 Å². The molecule has 0 aromatic carbocycles. The van der Waals surface area contributed by atoms with Crippen LogP contribution in [0.25, 0.3) is 0 Å². The van der Waals surface area contributed by atoms with Crippen molar-refractivity contribution < 1.29 is 9.53 Å². The fourth-order valence-electron chi connectivity index (χ4n) is 3.58. The van der Waals surface area contributed by atoms with Gasteiger partial charge in [-0.05, 0) is 39.7 Å². The summed E-state index contributed by atoms with van der Waals surface area (Å²) in [5.74, 6) is -0.0234. The van der Waals surface area contributed by atoms with Gasteiger partial charge in [0, 0.05) is 25.2 Å². The maximum Gasteiger partial charge on any atom is 0.323 e. The van der Waals surface area contributed by atoms with Crippen LogP contribution in [0.2, 0.25) is 0 Å². The molecule has 3 atom stereocenters. The second-order valence-corrected chi connectivity index (χ2v) is 5.89. The highest BCUT2D eigenvalue weighted by Crippen LogP contribution is 2.29. The molecule has 0 aromatic heterocycles. The third kappa shape index (κ3) is 3.29. The lowest BCUT2D eigenvalue weighted by atomic mass is 10.0. The molecule has 2 saturated heterocycles. The van der Waals surface area contributed by atoms with Gasteiger partial charge in [0.15, 0.2) is 0 Å². The number of esters is 1. The number of carbonyl (C=O) groups is 1. The Morgan fingerprint density at radius 2 is 2.00 bits per heavy atom. The number of ether oxygens (including phenoxy) is 1. The summed E-state index contributed by atoms with van der Waals surface area (Å²) in [6.07, 6.45) is 5.74. The van der Waals surface area contributed by atoms with Gasteiger partial charge in [-0.1, -0.05) is 13.3 Å². The third-order valence-corrected chi connectivity index (χ3v) is 4.74. The smallest absolute Gasteiger partial charge is 0.323 e. The summed E-state index contributed by atoms with van der Waals surface area (Å²) in [6.45, 7) is 6.58. The summed E-state index contributed by atoms with van der Waals surface area (Å²) in [4.78, 5) is 17.1. The molecule has 2 bridgehead atoms. The molecule has 0 aromatic rings. The summed E-state index contributed by atoms with van der Waals surface area (Å²) in [5, 5.41) is 0. The number of fused-ring (bicyclic) bond motifs is 2. The van der Waals surface area contributed by atoms with Crippen molar-refractivity contribution in [3.05, 3.63) is 0 Å². The number of hydrogen-bond acceptors (Lipinski definition) is 4. The van der Waals surface area contributed by atoms with Crippen molar-refractivity contribution in [3.8, 4) is 0 Å². The first kappa shape index (κ1) is 14.8. The Hall–Kier alpha value is -0.610. The number of rotatable bonds is 5. The molecule has 3 unspecified atom stereocenters. The molecule has 2 aliphatic rings. The predicted octanol–water partition coefficient (Wildman–Crippen LogP) is 1.89. The zero-order valence-electron chi connectivity index (χ0n) is 12.6. The van der Waals surface area contributed by atoms with E-state index in [9.17, 15) is 4.79 Å². The fourth-order valence-corrected chi connectivity index (χ4v) is 3.58. The van der Waals surface area contributed by atoms with Crippen LogP contribution in [-0.4, -0.2) is 60.6 Å². The Labute approximate surface area is 117 Å².